The fraction of sp³-hybridized carbons (Fsp3) is 0. The van der Waals surface area contributed by atoms with Crippen LogP contribution in [0.1, 0.15) is 0 Å². The molecule has 0 saturated carbocycles. The van der Waals surface area contributed by atoms with Crippen LogP contribution < -0.4 is 0 Å². The van der Waals surface area contributed by atoms with Crippen LogP contribution in [0.25, 0.3) is 44.7 Å². The van der Waals surface area contributed by atoms with Gasteiger partial charge < -0.3 is 4.42 Å². The number of hydrogen-bond donors (Lipinski definition) is 0. The number of rotatable bonds is 2. The Morgan fingerprint density at radius 1 is 0.600 bits per heavy atom. The Morgan fingerprint density at radius 2 is 1.32 bits per heavy atom. The third kappa shape index (κ3) is 2.33. The zero-order chi connectivity index (χ0) is 16.6. The number of furan rings is 1. The summed E-state index contributed by atoms with van der Waals surface area (Å²) in [7, 11) is 0. The Kier molecular flexibility index (Phi) is 3.03. The van der Waals surface area contributed by atoms with Crippen LogP contribution in [-0.4, -0.2) is 20.4 Å². The van der Waals surface area contributed by atoms with E-state index in [1.54, 1.807) is 0 Å². The van der Waals surface area contributed by atoms with Gasteiger partial charge in [-0.1, -0.05) is 48.5 Å². The first-order valence-corrected chi connectivity index (χ1v) is 7.93. The van der Waals surface area contributed by atoms with Gasteiger partial charge in [-0.15, -0.1) is 10.2 Å². The lowest BCUT2D eigenvalue weighted by Gasteiger charge is -2.02. The van der Waals surface area contributed by atoms with E-state index in [-0.39, 0.29) is 0 Å². The van der Waals surface area contributed by atoms with Crippen molar-refractivity contribution in [2.24, 2.45) is 0 Å². The summed E-state index contributed by atoms with van der Waals surface area (Å²) in [6.45, 7) is 0. The van der Waals surface area contributed by atoms with Crippen molar-refractivity contribution < 1.29 is 4.42 Å². The van der Waals surface area contributed by atoms with Crippen LogP contribution in [0.15, 0.2) is 77.2 Å². The maximum atomic E-state index is 5.87. The van der Waals surface area contributed by atoms with Crippen LogP contribution in [0.2, 0.25) is 0 Å². The quantitative estimate of drug-likeness (QED) is 0.478. The van der Waals surface area contributed by atoms with E-state index in [0.29, 0.717) is 11.6 Å². The Morgan fingerprint density at radius 3 is 2.20 bits per heavy atom. The number of para-hydroxylation sites is 1. The predicted molar refractivity (Wildman–Crippen MR) is 95.8 cm³/mol. The predicted octanol–water partition coefficient (Wildman–Crippen LogP) is 4.50. The molecule has 0 N–H and O–H groups in total. The van der Waals surface area contributed by atoms with Crippen LogP contribution >= 0.6 is 0 Å². The van der Waals surface area contributed by atoms with Crippen LogP contribution in [-0.2, 0) is 0 Å². The summed E-state index contributed by atoms with van der Waals surface area (Å²) in [5.41, 5.74) is 3.50. The molecule has 2 aromatic heterocycles. The summed E-state index contributed by atoms with van der Waals surface area (Å²) in [4.78, 5) is 4.57. The van der Waals surface area contributed by atoms with E-state index >= 15 is 0 Å². The lowest BCUT2D eigenvalue weighted by molar-refractivity contribution is 0.669. The lowest BCUT2D eigenvalue weighted by Crippen LogP contribution is -1.99. The highest BCUT2D eigenvalue weighted by molar-refractivity contribution is 6.06. The molecule has 25 heavy (non-hydrogen) atoms. The van der Waals surface area contributed by atoms with Gasteiger partial charge in [0.15, 0.2) is 11.6 Å². The molecule has 118 valence electrons. The van der Waals surface area contributed by atoms with E-state index < -0.39 is 0 Å². The van der Waals surface area contributed by atoms with Crippen molar-refractivity contribution >= 4 is 21.9 Å². The molecule has 0 bridgehead atoms. The molecular formula is C20H12N4O. The SMILES string of the molecule is c1ccc(-c2nnnc(-c3ccc4oc5ccccc5c4c3)n2)cc1. The third-order valence-electron chi connectivity index (χ3n) is 4.16. The molecule has 0 aliphatic heterocycles. The van der Waals surface area contributed by atoms with Crippen LogP contribution in [0.4, 0.5) is 0 Å². The van der Waals surface area contributed by atoms with Gasteiger partial charge in [0, 0.05) is 21.9 Å². The summed E-state index contributed by atoms with van der Waals surface area (Å²) in [5.74, 6) is 1.10. The summed E-state index contributed by atoms with van der Waals surface area (Å²) in [6.07, 6.45) is 0. The van der Waals surface area contributed by atoms with E-state index in [4.69, 9.17) is 4.42 Å². The zero-order valence-corrected chi connectivity index (χ0v) is 13.1. The monoisotopic (exact) mass is 324 g/mol. The van der Waals surface area contributed by atoms with E-state index in [1.165, 1.54) is 0 Å². The first-order chi connectivity index (χ1) is 12.4. The van der Waals surface area contributed by atoms with Gasteiger partial charge in [0.25, 0.3) is 0 Å². The second kappa shape index (κ2) is 5.49. The maximum Gasteiger partial charge on any atom is 0.185 e. The van der Waals surface area contributed by atoms with E-state index in [0.717, 1.165) is 33.1 Å². The van der Waals surface area contributed by atoms with Gasteiger partial charge in [0.2, 0.25) is 0 Å². The highest BCUT2D eigenvalue weighted by Gasteiger charge is 2.11. The summed E-state index contributed by atoms with van der Waals surface area (Å²) < 4.78 is 5.87. The van der Waals surface area contributed by atoms with Crippen LogP contribution in [0.5, 0.6) is 0 Å². The van der Waals surface area contributed by atoms with Gasteiger partial charge in [-0.05, 0) is 29.5 Å². The molecule has 5 heteroatoms. The fourth-order valence-corrected chi connectivity index (χ4v) is 2.95. The fourth-order valence-electron chi connectivity index (χ4n) is 2.95. The van der Waals surface area contributed by atoms with Crippen molar-refractivity contribution in [1.82, 2.24) is 20.4 Å². The smallest absolute Gasteiger partial charge is 0.185 e. The van der Waals surface area contributed by atoms with Crippen molar-refractivity contribution in [1.29, 1.82) is 0 Å². The Balaban J connectivity index is 1.67. The minimum atomic E-state index is 0.543. The summed E-state index contributed by atoms with van der Waals surface area (Å²) in [6, 6.07) is 23.7. The normalized spacial score (nSPS) is 11.2. The molecule has 3 aromatic carbocycles. The number of fused-ring (bicyclic) bond motifs is 3. The molecule has 0 radical (unpaired) electrons. The average Bonchev–Trinajstić information content (AvgIpc) is 3.07. The van der Waals surface area contributed by atoms with Crippen LogP contribution in [0.3, 0.4) is 0 Å². The largest absolute Gasteiger partial charge is 0.456 e. The molecule has 5 rings (SSSR count). The highest BCUT2D eigenvalue weighted by atomic mass is 16.3. The van der Waals surface area contributed by atoms with Crippen molar-refractivity contribution in [3.8, 4) is 22.8 Å². The molecule has 0 saturated heterocycles. The van der Waals surface area contributed by atoms with Gasteiger partial charge in [-0.2, -0.15) is 0 Å². The Labute approximate surface area is 143 Å². The van der Waals surface area contributed by atoms with Gasteiger partial charge in [-0.25, -0.2) is 4.98 Å². The molecule has 2 heterocycles. The average molecular weight is 324 g/mol. The second-order valence-electron chi connectivity index (χ2n) is 5.72. The molecular weight excluding hydrogens is 312 g/mol. The van der Waals surface area contributed by atoms with E-state index in [9.17, 15) is 0 Å². The molecule has 5 aromatic rings. The zero-order valence-electron chi connectivity index (χ0n) is 13.1. The molecule has 0 amide bonds. The molecule has 0 unspecified atom stereocenters. The van der Waals surface area contributed by atoms with Crippen molar-refractivity contribution in [3.05, 3.63) is 72.8 Å². The van der Waals surface area contributed by atoms with Gasteiger partial charge in [0.05, 0.1) is 0 Å². The number of benzene rings is 3. The minimum Gasteiger partial charge on any atom is -0.456 e. The highest BCUT2D eigenvalue weighted by Crippen LogP contribution is 2.31. The first-order valence-electron chi connectivity index (χ1n) is 7.93. The molecule has 0 aliphatic carbocycles. The van der Waals surface area contributed by atoms with Crippen molar-refractivity contribution in [3.63, 3.8) is 0 Å². The minimum absolute atomic E-state index is 0.543. The van der Waals surface area contributed by atoms with Gasteiger partial charge in [0.1, 0.15) is 11.2 Å². The van der Waals surface area contributed by atoms with Gasteiger partial charge >= 0.3 is 0 Å². The molecule has 0 aliphatic rings. The number of nitrogens with zero attached hydrogens (tertiary/aromatic N) is 4. The topological polar surface area (TPSA) is 64.7 Å². The van der Waals surface area contributed by atoms with E-state index in [1.807, 2.05) is 72.8 Å². The van der Waals surface area contributed by atoms with Gasteiger partial charge in [-0.3, -0.25) is 0 Å². The summed E-state index contributed by atoms with van der Waals surface area (Å²) >= 11 is 0. The van der Waals surface area contributed by atoms with Crippen LogP contribution in [0, 0.1) is 0 Å². The summed E-state index contributed by atoms with van der Waals surface area (Å²) in [5, 5.41) is 14.1. The van der Waals surface area contributed by atoms with Crippen molar-refractivity contribution in [2.45, 2.75) is 0 Å². The first kappa shape index (κ1) is 13.8. The standard InChI is InChI=1S/C20H12N4O/c1-2-6-13(7-3-1)19-21-20(23-24-22-19)14-10-11-18-16(12-14)15-8-4-5-9-17(15)25-18/h1-12H. The van der Waals surface area contributed by atoms with E-state index in [2.05, 4.69) is 20.4 Å². The molecule has 0 atom stereocenters. The number of aromatic nitrogens is 4. The molecule has 0 spiro atoms. The third-order valence-corrected chi connectivity index (χ3v) is 4.16. The molecule has 5 nitrogen and oxygen atoms in total. The number of hydrogen-bond acceptors (Lipinski definition) is 5. The Bertz CT molecular complexity index is 1200. The Hall–Kier alpha value is -3.60. The lowest BCUT2D eigenvalue weighted by atomic mass is 10.1. The maximum absolute atomic E-state index is 5.87. The van der Waals surface area contributed by atoms with Crippen molar-refractivity contribution in [2.75, 3.05) is 0 Å². The second-order valence-corrected chi connectivity index (χ2v) is 5.72. The molecule has 0 fully saturated rings.